The summed E-state index contributed by atoms with van der Waals surface area (Å²) in [5.74, 6) is 0. The lowest BCUT2D eigenvalue weighted by atomic mass is 9.58. The van der Waals surface area contributed by atoms with Crippen LogP contribution in [0.3, 0.4) is 0 Å². The fourth-order valence-electron chi connectivity index (χ4n) is 13.0. The van der Waals surface area contributed by atoms with Crippen LogP contribution in [0.25, 0.3) is 60.5 Å². The molecule has 3 nitrogen and oxygen atoms in total. The molecule has 13 rings (SSSR count). The zero-order valence-corrected chi connectivity index (χ0v) is 43.7. The number of para-hydroxylation sites is 2. The maximum atomic E-state index is 4.13. The van der Waals surface area contributed by atoms with E-state index in [1.54, 1.807) is 0 Å². The van der Waals surface area contributed by atoms with E-state index in [2.05, 4.69) is 254 Å². The second-order valence-corrected chi connectivity index (χ2v) is 24.2. The molecule has 9 aromatic carbocycles. The number of rotatable bonds is 6. The average molecular weight is 934 g/mol. The van der Waals surface area contributed by atoms with Crippen LogP contribution in [0.15, 0.2) is 170 Å². The molecule has 10 aromatic rings. The van der Waals surface area contributed by atoms with Gasteiger partial charge in [0.1, 0.15) is 0 Å². The number of hydrogen-bond donors (Lipinski definition) is 1. The van der Waals surface area contributed by atoms with Crippen LogP contribution in [0.5, 0.6) is 0 Å². The first-order valence-corrected chi connectivity index (χ1v) is 26.3. The number of aryl methyl sites for hydroxylation is 1. The molecule has 1 aliphatic heterocycles. The molecule has 3 aliphatic rings. The fourth-order valence-corrected chi connectivity index (χ4v) is 13.0. The summed E-state index contributed by atoms with van der Waals surface area (Å²) < 4.78 is 2.62. The van der Waals surface area contributed by atoms with Crippen molar-refractivity contribution < 1.29 is 0 Å². The summed E-state index contributed by atoms with van der Waals surface area (Å²) in [5.41, 5.74) is 25.7. The minimum Gasteiger partial charge on any atom is -0.355 e. The molecular weight excluding hydrogens is 870 g/mol. The van der Waals surface area contributed by atoms with Crippen LogP contribution in [0.4, 0.5) is 28.4 Å². The molecule has 0 spiro atoms. The van der Waals surface area contributed by atoms with Gasteiger partial charge >= 0.3 is 0 Å². The van der Waals surface area contributed by atoms with Crippen LogP contribution in [0, 0.1) is 6.92 Å². The first kappa shape index (κ1) is 44.6. The predicted molar refractivity (Wildman–Crippen MR) is 311 cm³/mol. The largest absolute Gasteiger partial charge is 0.355 e. The van der Waals surface area contributed by atoms with E-state index in [0.717, 1.165) is 35.7 Å². The van der Waals surface area contributed by atoms with Gasteiger partial charge in [-0.1, -0.05) is 164 Å². The lowest BCUT2D eigenvalue weighted by Crippen LogP contribution is -2.37. The van der Waals surface area contributed by atoms with Gasteiger partial charge < -0.3 is 14.8 Å². The fraction of sp³-hybridized carbons (Fsp3) is 0.235. The van der Waals surface area contributed by atoms with E-state index in [9.17, 15) is 0 Å². The molecule has 2 heterocycles. The number of aromatic nitrogens is 1. The van der Waals surface area contributed by atoms with Crippen LogP contribution in [0.1, 0.15) is 109 Å². The van der Waals surface area contributed by atoms with Gasteiger partial charge in [-0.15, -0.1) is 0 Å². The molecule has 0 saturated carbocycles. The minimum atomic E-state index is -0.234. The quantitative estimate of drug-likeness (QED) is 0.168. The van der Waals surface area contributed by atoms with Crippen molar-refractivity contribution in [2.75, 3.05) is 10.2 Å². The van der Waals surface area contributed by atoms with E-state index in [-0.39, 0.29) is 21.7 Å². The van der Waals surface area contributed by atoms with Gasteiger partial charge in [-0.2, -0.15) is 0 Å². The molecular formula is C68H64BN3. The Morgan fingerprint density at radius 3 is 1.79 bits per heavy atom. The molecule has 0 bridgehead atoms. The van der Waals surface area contributed by atoms with Crippen LogP contribution in [-0.2, 0) is 21.7 Å². The van der Waals surface area contributed by atoms with Crippen molar-refractivity contribution in [3.05, 3.63) is 203 Å². The molecule has 0 saturated heterocycles. The smallest absolute Gasteiger partial charge is 0.198 e. The van der Waals surface area contributed by atoms with Gasteiger partial charge in [0.05, 0.1) is 16.7 Å². The summed E-state index contributed by atoms with van der Waals surface area (Å²) in [7, 11) is 0.812. The summed E-state index contributed by atoms with van der Waals surface area (Å²) >= 11 is 0. The number of anilines is 5. The van der Waals surface area contributed by atoms with Crippen molar-refractivity contribution in [3.8, 4) is 27.9 Å². The van der Waals surface area contributed by atoms with Crippen molar-refractivity contribution in [2.45, 2.75) is 104 Å². The summed E-state index contributed by atoms with van der Waals surface area (Å²) in [6.45, 7) is 23.9. The van der Waals surface area contributed by atoms with Crippen molar-refractivity contribution >= 4 is 79.2 Å². The number of hydrogen-bond acceptors (Lipinski definition) is 2. The zero-order chi connectivity index (χ0) is 49.6. The van der Waals surface area contributed by atoms with Gasteiger partial charge in [-0.25, -0.2) is 0 Å². The second-order valence-electron chi connectivity index (χ2n) is 24.2. The van der Waals surface area contributed by atoms with Crippen LogP contribution in [-0.4, -0.2) is 11.8 Å². The minimum absolute atomic E-state index is 0.0465. The Morgan fingerprint density at radius 1 is 0.556 bits per heavy atom. The lowest BCUT2D eigenvalue weighted by Gasteiger charge is -2.42. The highest BCUT2D eigenvalue weighted by Gasteiger charge is 2.43. The third kappa shape index (κ3) is 6.78. The summed E-state index contributed by atoms with van der Waals surface area (Å²) in [6, 6.07) is 64.9. The molecule has 72 heavy (non-hydrogen) atoms. The maximum Gasteiger partial charge on any atom is 0.198 e. The van der Waals surface area contributed by atoms with E-state index >= 15 is 0 Å². The van der Waals surface area contributed by atoms with Gasteiger partial charge in [0, 0.05) is 50.2 Å². The van der Waals surface area contributed by atoms with Crippen molar-refractivity contribution in [2.24, 2.45) is 0 Å². The van der Waals surface area contributed by atoms with E-state index in [1.165, 1.54) is 118 Å². The summed E-state index contributed by atoms with van der Waals surface area (Å²) in [6.07, 6.45) is 2.38. The Labute approximate surface area is 426 Å². The Kier molecular flexibility index (Phi) is 9.67. The molecule has 0 atom stereocenters. The van der Waals surface area contributed by atoms with Gasteiger partial charge in [0.25, 0.3) is 0 Å². The van der Waals surface area contributed by atoms with Gasteiger partial charge in [-0.05, 0) is 176 Å². The molecule has 0 fully saturated rings. The van der Waals surface area contributed by atoms with Crippen molar-refractivity contribution in [1.82, 2.24) is 4.57 Å². The molecule has 354 valence electrons. The summed E-state index contributed by atoms with van der Waals surface area (Å²) in [5, 5.41) is 9.14. The van der Waals surface area contributed by atoms with Crippen LogP contribution in [0.2, 0.25) is 0 Å². The Balaban J connectivity index is 1.17. The predicted octanol–water partition coefficient (Wildman–Crippen LogP) is 16.8. The van der Waals surface area contributed by atoms with Crippen molar-refractivity contribution in [1.29, 1.82) is 0 Å². The molecule has 0 amide bonds. The van der Waals surface area contributed by atoms with Gasteiger partial charge in [0.2, 0.25) is 0 Å². The number of nitrogens with zero attached hydrogens (tertiary/aromatic N) is 2. The highest BCUT2D eigenvalue weighted by atomic mass is 15.1. The summed E-state index contributed by atoms with van der Waals surface area (Å²) in [4.78, 5) is 2.51. The SMILES string of the molecule is Cc1ccc2c(c1)Bc1c(-c3cc4c(cc3Nc3ccc(C(C)(C)C)cc3)-c3cc5c(cc3C4(C)C)C(C)(C)CCC5(C)C)cc(N(c3ccccc3)c3ccccc3)c3c4cc5ccccc5cc4n-2c13. The molecule has 0 unspecified atom stereocenters. The maximum absolute atomic E-state index is 4.13. The monoisotopic (exact) mass is 934 g/mol. The van der Waals surface area contributed by atoms with E-state index in [1.807, 2.05) is 0 Å². The van der Waals surface area contributed by atoms with E-state index in [4.69, 9.17) is 0 Å². The van der Waals surface area contributed by atoms with Crippen LogP contribution < -0.4 is 21.1 Å². The highest BCUT2D eigenvalue weighted by molar-refractivity contribution is 6.73. The second kappa shape index (κ2) is 15.6. The molecule has 2 aliphatic carbocycles. The number of fused-ring (bicyclic) bond motifs is 10. The Hall–Kier alpha value is -7.30. The molecule has 1 N–H and O–H groups in total. The zero-order valence-electron chi connectivity index (χ0n) is 43.7. The van der Waals surface area contributed by atoms with Crippen molar-refractivity contribution in [3.63, 3.8) is 0 Å². The van der Waals surface area contributed by atoms with Crippen LogP contribution >= 0.6 is 0 Å². The molecule has 0 radical (unpaired) electrons. The van der Waals surface area contributed by atoms with Gasteiger partial charge in [-0.3, -0.25) is 0 Å². The number of benzene rings is 9. The number of nitrogens with one attached hydrogen (secondary N) is 1. The molecule has 1 aromatic heterocycles. The lowest BCUT2D eigenvalue weighted by molar-refractivity contribution is 0.331. The third-order valence-corrected chi connectivity index (χ3v) is 17.2. The first-order chi connectivity index (χ1) is 34.5. The standard InChI is InChI=1S/C68H64BN3/c1-41-25-30-59-57(33-41)69-63-51(39-61(71(46-21-13-11-14-22-46)47-23-15-12-16-24-47)62-52-34-42-19-17-18-20-43(42)35-60(52)72(59)64(62)63)50-37-53-49(38-58(50)70-45-28-26-44(27-29-45)65(2,3)4)48-36-55-56(40-54(48)68(53,9)10)67(7,8)32-31-66(55,5)6/h11-30,33-40,69-70H,31-32H2,1-10H3. The average Bonchev–Trinajstić information content (AvgIpc) is 3.80. The molecule has 4 heteroatoms. The third-order valence-electron chi connectivity index (χ3n) is 17.2. The normalized spacial score (nSPS) is 15.7. The Morgan fingerprint density at radius 2 is 1.14 bits per heavy atom. The highest BCUT2D eigenvalue weighted by Crippen LogP contribution is 2.57. The topological polar surface area (TPSA) is 20.2 Å². The first-order valence-electron chi connectivity index (χ1n) is 26.3. The van der Waals surface area contributed by atoms with E-state index in [0.29, 0.717) is 0 Å². The van der Waals surface area contributed by atoms with Gasteiger partial charge in [0.15, 0.2) is 7.28 Å². The van der Waals surface area contributed by atoms with E-state index < -0.39 is 0 Å². The Bertz CT molecular complexity index is 3830.